The second kappa shape index (κ2) is 6.42. The summed E-state index contributed by atoms with van der Waals surface area (Å²) in [4.78, 5) is 0.872. The maximum absolute atomic E-state index is 13.2. The molecule has 0 spiro atoms. The van der Waals surface area contributed by atoms with E-state index in [0.29, 0.717) is 11.3 Å². The molecule has 0 aromatic heterocycles. The monoisotopic (exact) mass is 296 g/mol. The molecule has 1 N–H and O–H groups in total. The van der Waals surface area contributed by atoms with Gasteiger partial charge < -0.3 is 5.11 Å². The van der Waals surface area contributed by atoms with Crippen LogP contribution in [0.4, 0.5) is 4.39 Å². The molecule has 19 heavy (non-hydrogen) atoms. The second-order valence-corrected chi connectivity index (χ2v) is 5.66. The van der Waals surface area contributed by atoms with E-state index in [9.17, 15) is 9.50 Å². The summed E-state index contributed by atoms with van der Waals surface area (Å²) in [5, 5.41) is 10.4. The molecular weight excluding hydrogens is 283 g/mol. The van der Waals surface area contributed by atoms with Gasteiger partial charge in [0.05, 0.1) is 6.10 Å². The fraction of sp³-hybridized carbons (Fsp3) is 0.200. The number of hydrogen-bond acceptors (Lipinski definition) is 2. The van der Waals surface area contributed by atoms with E-state index in [4.69, 9.17) is 11.6 Å². The van der Waals surface area contributed by atoms with Crippen LogP contribution in [0.2, 0.25) is 5.02 Å². The van der Waals surface area contributed by atoms with E-state index in [1.165, 1.54) is 12.1 Å². The van der Waals surface area contributed by atoms with Gasteiger partial charge in [0.15, 0.2) is 0 Å². The summed E-state index contributed by atoms with van der Waals surface area (Å²) < 4.78 is 13.2. The van der Waals surface area contributed by atoms with Crippen molar-refractivity contribution >= 4 is 23.4 Å². The highest BCUT2D eigenvalue weighted by atomic mass is 35.5. The maximum Gasteiger partial charge on any atom is 0.123 e. The molecule has 1 nitrogen and oxygen atoms in total. The van der Waals surface area contributed by atoms with Crippen LogP contribution in [0.3, 0.4) is 0 Å². The molecule has 1 atom stereocenters. The maximum atomic E-state index is 13.2. The van der Waals surface area contributed by atoms with E-state index in [1.807, 2.05) is 24.3 Å². The lowest BCUT2D eigenvalue weighted by molar-refractivity contribution is 0.196. The van der Waals surface area contributed by atoms with Gasteiger partial charge >= 0.3 is 0 Å². The molecule has 0 bridgehead atoms. The fourth-order valence-corrected chi connectivity index (χ4v) is 3.15. The Hall–Kier alpha value is -1.03. The predicted octanol–water partition coefficient (Wildman–Crippen LogP) is 4.82. The molecule has 0 aliphatic heterocycles. The summed E-state index contributed by atoms with van der Waals surface area (Å²) in [5.41, 5.74) is 1.63. The molecule has 0 radical (unpaired) electrons. The number of aliphatic hydroxyl groups excluding tert-OH is 1. The summed E-state index contributed by atoms with van der Waals surface area (Å²) in [6, 6.07) is 12.1. The molecule has 0 heterocycles. The van der Waals surface area contributed by atoms with Gasteiger partial charge in [0.1, 0.15) is 5.82 Å². The van der Waals surface area contributed by atoms with E-state index < -0.39 is 6.10 Å². The molecule has 100 valence electrons. The first-order chi connectivity index (χ1) is 9.08. The third-order valence-electron chi connectivity index (χ3n) is 2.76. The smallest absolute Gasteiger partial charge is 0.123 e. The number of thioether (sulfide) groups is 1. The SMILES string of the molecule is C[C@H](O)c1cc(F)ccc1SCc1ccccc1Cl. The van der Waals surface area contributed by atoms with Crippen molar-refractivity contribution in [1.29, 1.82) is 0 Å². The van der Waals surface area contributed by atoms with E-state index in [1.54, 1.807) is 24.8 Å². The highest BCUT2D eigenvalue weighted by molar-refractivity contribution is 7.98. The lowest BCUT2D eigenvalue weighted by Gasteiger charge is -2.12. The van der Waals surface area contributed by atoms with Crippen LogP contribution in [0.15, 0.2) is 47.4 Å². The molecular formula is C15H14ClFOS. The predicted molar refractivity (Wildman–Crippen MR) is 78.0 cm³/mol. The lowest BCUT2D eigenvalue weighted by atomic mass is 10.1. The molecule has 2 rings (SSSR count). The summed E-state index contributed by atoms with van der Waals surface area (Å²) in [7, 11) is 0. The van der Waals surface area contributed by atoms with Crippen molar-refractivity contribution in [2.75, 3.05) is 0 Å². The van der Waals surface area contributed by atoms with Crippen LogP contribution in [0.1, 0.15) is 24.2 Å². The van der Waals surface area contributed by atoms with Crippen molar-refractivity contribution in [3.8, 4) is 0 Å². The van der Waals surface area contributed by atoms with Gasteiger partial charge in [-0.25, -0.2) is 4.39 Å². The quantitative estimate of drug-likeness (QED) is 0.816. The Morgan fingerprint density at radius 1 is 1.26 bits per heavy atom. The minimum absolute atomic E-state index is 0.335. The molecule has 0 unspecified atom stereocenters. The Morgan fingerprint density at radius 2 is 2.00 bits per heavy atom. The van der Waals surface area contributed by atoms with Crippen LogP contribution in [0.5, 0.6) is 0 Å². The third-order valence-corrected chi connectivity index (χ3v) is 4.27. The largest absolute Gasteiger partial charge is 0.389 e. The Bertz CT molecular complexity index is 572. The molecule has 0 aliphatic carbocycles. The molecule has 0 saturated carbocycles. The van der Waals surface area contributed by atoms with Crippen LogP contribution in [0.25, 0.3) is 0 Å². The van der Waals surface area contributed by atoms with Crippen LogP contribution in [0, 0.1) is 5.82 Å². The number of aliphatic hydroxyl groups is 1. The fourth-order valence-electron chi connectivity index (χ4n) is 1.75. The van der Waals surface area contributed by atoms with Gasteiger partial charge in [0, 0.05) is 15.7 Å². The number of benzene rings is 2. The van der Waals surface area contributed by atoms with Gasteiger partial charge in [0.2, 0.25) is 0 Å². The van der Waals surface area contributed by atoms with E-state index in [2.05, 4.69) is 0 Å². The van der Waals surface area contributed by atoms with Crippen molar-refractivity contribution in [2.24, 2.45) is 0 Å². The first-order valence-corrected chi connectivity index (χ1v) is 7.28. The molecule has 4 heteroatoms. The number of hydrogen-bond donors (Lipinski definition) is 1. The molecule has 0 fully saturated rings. The normalized spacial score (nSPS) is 12.4. The summed E-state index contributed by atoms with van der Waals surface area (Å²) in [5.74, 6) is 0.350. The van der Waals surface area contributed by atoms with Crippen LogP contribution < -0.4 is 0 Å². The van der Waals surface area contributed by atoms with Gasteiger partial charge in [0.25, 0.3) is 0 Å². The summed E-state index contributed by atoms with van der Waals surface area (Å²) in [6.45, 7) is 1.63. The highest BCUT2D eigenvalue weighted by Crippen LogP contribution is 2.32. The minimum atomic E-state index is -0.690. The van der Waals surface area contributed by atoms with Crippen molar-refractivity contribution in [2.45, 2.75) is 23.7 Å². The highest BCUT2D eigenvalue weighted by Gasteiger charge is 2.10. The van der Waals surface area contributed by atoms with Gasteiger partial charge in [-0.05, 0) is 42.3 Å². The number of rotatable bonds is 4. The number of halogens is 2. The molecule has 0 aliphatic rings. The topological polar surface area (TPSA) is 20.2 Å². The third kappa shape index (κ3) is 3.72. The van der Waals surface area contributed by atoms with Gasteiger partial charge in [-0.2, -0.15) is 0 Å². The zero-order valence-corrected chi connectivity index (χ0v) is 12.0. The van der Waals surface area contributed by atoms with Crippen LogP contribution in [-0.4, -0.2) is 5.11 Å². The van der Waals surface area contributed by atoms with Crippen LogP contribution in [-0.2, 0) is 5.75 Å². The second-order valence-electron chi connectivity index (χ2n) is 4.24. The molecule has 0 saturated heterocycles. The average molecular weight is 297 g/mol. The van der Waals surface area contributed by atoms with Gasteiger partial charge in [-0.15, -0.1) is 11.8 Å². The zero-order chi connectivity index (χ0) is 13.8. The summed E-state index contributed by atoms with van der Waals surface area (Å²) >= 11 is 7.64. The standard InChI is InChI=1S/C15H14ClFOS/c1-10(18)13-8-12(17)6-7-15(13)19-9-11-4-2-3-5-14(11)16/h2-8,10,18H,9H2,1H3/t10-/m0/s1. The molecule has 2 aromatic carbocycles. The van der Waals surface area contributed by atoms with Crippen LogP contribution >= 0.6 is 23.4 Å². The van der Waals surface area contributed by atoms with E-state index in [0.717, 1.165) is 15.5 Å². The summed E-state index contributed by atoms with van der Waals surface area (Å²) in [6.07, 6.45) is -0.690. The van der Waals surface area contributed by atoms with E-state index in [-0.39, 0.29) is 5.82 Å². The first kappa shape index (κ1) is 14.4. The van der Waals surface area contributed by atoms with Crippen molar-refractivity contribution in [3.63, 3.8) is 0 Å². The Balaban J connectivity index is 2.18. The first-order valence-electron chi connectivity index (χ1n) is 5.91. The van der Waals surface area contributed by atoms with Gasteiger partial charge in [-0.3, -0.25) is 0 Å². The van der Waals surface area contributed by atoms with Crippen molar-refractivity contribution in [1.82, 2.24) is 0 Å². The van der Waals surface area contributed by atoms with E-state index >= 15 is 0 Å². The van der Waals surface area contributed by atoms with Crippen molar-refractivity contribution < 1.29 is 9.50 Å². The zero-order valence-electron chi connectivity index (χ0n) is 10.4. The molecule has 2 aromatic rings. The molecule has 0 amide bonds. The Labute approximate surface area is 121 Å². The Kier molecular flexibility index (Phi) is 4.86. The lowest BCUT2D eigenvalue weighted by Crippen LogP contribution is -1.95. The van der Waals surface area contributed by atoms with Crippen molar-refractivity contribution in [3.05, 3.63) is 64.4 Å². The van der Waals surface area contributed by atoms with Gasteiger partial charge in [-0.1, -0.05) is 29.8 Å². The minimum Gasteiger partial charge on any atom is -0.389 e. The average Bonchev–Trinajstić information content (AvgIpc) is 2.38. The Morgan fingerprint density at radius 3 is 2.68 bits per heavy atom.